The normalized spacial score (nSPS) is 38.8. The number of fused-ring (bicyclic) bond motifs is 4. The summed E-state index contributed by atoms with van der Waals surface area (Å²) in [6, 6.07) is -0.398. The summed E-state index contributed by atoms with van der Waals surface area (Å²) in [4.78, 5) is 35.7. The molecule has 0 bridgehead atoms. The number of carbonyl (C=O) groups excluding carboxylic acids is 2. The van der Waals surface area contributed by atoms with Gasteiger partial charge in [0, 0.05) is 6.04 Å². The van der Waals surface area contributed by atoms with Crippen LogP contribution in [0.25, 0.3) is 0 Å². The molecule has 2 amide bonds. The molecule has 0 saturated heterocycles. The molecule has 5 aliphatic rings. The lowest BCUT2D eigenvalue weighted by Crippen LogP contribution is -2.57. The molecule has 3 fully saturated rings. The minimum atomic E-state index is -0.561. The van der Waals surface area contributed by atoms with E-state index in [1.54, 1.807) is 6.34 Å². The van der Waals surface area contributed by atoms with Gasteiger partial charge < -0.3 is 9.64 Å². The van der Waals surface area contributed by atoms with Crippen LogP contribution in [-0.2, 0) is 9.53 Å². The van der Waals surface area contributed by atoms with Crippen molar-refractivity contribution in [1.82, 2.24) is 15.5 Å². The number of ether oxygens (including phenoxy) is 1. The Hall–Kier alpha value is -2.12. The Kier molecular flexibility index (Phi) is 5.65. The minimum absolute atomic E-state index is 0.157. The number of rotatable bonds is 3. The fourth-order valence-corrected chi connectivity index (χ4v) is 7.03. The Morgan fingerprint density at radius 1 is 1.13 bits per heavy atom. The number of alkyl carbamates (subject to hydrolysis) is 1. The first-order valence-corrected chi connectivity index (χ1v) is 12.2. The lowest BCUT2D eigenvalue weighted by atomic mass is 9.73. The molecule has 6 unspecified atom stereocenters. The zero-order valence-electron chi connectivity index (χ0n) is 18.6. The third-order valence-electron chi connectivity index (χ3n) is 8.34. The van der Waals surface area contributed by atoms with Gasteiger partial charge in [-0.2, -0.15) is 0 Å². The number of hydrogen-bond donors (Lipinski definition) is 2. The van der Waals surface area contributed by atoms with Gasteiger partial charge in [0.25, 0.3) is 5.91 Å². The van der Waals surface area contributed by atoms with Crippen LogP contribution in [0.5, 0.6) is 0 Å². The summed E-state index contributed by atoms with van der Waals surface area (Å²) < 4.78 is 5.72. The van der Waals surface area contributed by atoms with Gasteiger partial charge in [0.2, 0.25) is 5.96 Å². The van der Waals surface area contributed by atoms with Gasteiger partial charge >= 0.3 is 6.09 Å². The second-order valence-corrected chi connectivity index (χ2v) is 10.2. The Morgan fingerprint density at radius 2 is 1.74 bits per heavy atom. The van der Waals surface area contributed by atoms with E-state index >= 15 is 0 Å². The van der Waals surface area contributed by atoms with Crippen molar-refractivity contribution in [2.45, 2.75) is 83.5 Å². The van der Waals surface area contributed by atoms with E-state index in [0.29, 0.717) is 24.4 Å². The molecule has 8 heteroatoms. The molecule has 6 atom stereocenters. The minimum Gasteiger partial charge on any atom is -0.449 e. The van der Waals surface area contributed by atoms with Crippen molar-refractivity contribution < 1.29 is 14.3 Å². The van der Waals surface area contributed by atoms with E-state index in [0.717, 1.165) is 11.8 Å². The summed E-state index contributed by atoms with van der Waals surface area (Å²) in [5, 5.41) is 5.32. The standard InChI is InChI=1S/C23H35N5O3/c1-13(2)28-12-24-19-20(28)25-22(26-21(19)29)27-23(30)31-11-18-16-9-5-3-7-14(16)15-8-4-6-10-17(15)18/h12-20H,3-11H2,1-2H3,(H2,25,26,27,29,30). The van der Waals surface area contributed by atoms with Gasteiger partial charge in [-0.3, -0.25) is 20.4 Å². The molecule has 31 heavy (non-hydrogen) atoms. The predicted molar refractivity (Wildman–Crippen MR) is 117 cm³/mol. The highest BCUT2D eigenvalue weighted by Crippen LogP contribution is 2.57. The molecular weight excluding hydrogens is 394 g/mol. The topological polar surface area (TPSA) is 95.4 Å². The zero-order valence-corrected chi connectivity index (χ0v) is 18.6. The third-order valence-corrected chi connectivity index (χ3v) is 8.34. The first-order chi connectivity index (χ1) is 15.0. The van der Waals surface area contributed by atoms with Crippen molar-refractivity contribution in [2.75, 3.05) is 6.61 Å². The van der Waals surface area contributed by atoms with Crippen LogP contribution in [0.3, 0.4) is 0 Å². The molecule has 8 nitrogen and oxygen atoms in total. The SMILES string of the molecule is CC(C)N1C=NC2C(=O)NC(NC(=O)OCC3C4CCCCC4C4CCCCC43)=NC21. The summed E-state index contributed by atoms with van der Waals surface area (Å²) in [5.74, 6) is 3.46. The first kappa shape index (κ1) is 20.8. The monoisotopic (exact) mass is 429 g/mol. The fraction of sp³-hybridized carbons (Fsp3) is 0.826. The molecular formula is C23H35N5O3. The van der Waals surface area contributed by atoms with E-state index < -0.39 is 18.3 Å². The average Bonchev–Trinajstić information content (AvgIpc) is 3.32. The van der Waals surface area contributed by atoms with Crippen molar-refractivity contribution >= 4 is 24.3 Å². The Bertz CT molecular complexity index is 759. The van der Waals surface area contributed by atoms with Gasteiger partial charge in [0.15, 0.2) is 12.2 Å². The van der Waals surface area contributed by atoms with E-state index in [2.05, 4.69) is 20.6 Å². The molecule has 2 aliphatic heterocycles. The van der Waals surface area contributed by atoms with Crippen molar-refractivity contribution in [1.29, 1.82) is 0 Å². The van der Waals surface area contributed by atoms with Crippen LogP contribution >= 0.6 is 0 Å². The van der Waals surface area contributed by atoms with Crippen LogP contribution < -0.4 is 10.6 Å². The maximum Gasteiger partial charge on any atom is 0.413 e. The van der Waals surface area contributed by atoms with Crippen molar-refractivity contribution in [2.24, 2.45) is 39.6 Å². The highest BCUT2D eigenvalue weighted by Gasteiger charge is 2.51. The maximum absolute atomic E-state index is 12.6. The molecule has 2 heterocycles. The number of carbonyl (C=O) groups is 2. The van der Waals surface area contributed by atoms with E-state index in [1.165, 1.54) is 51.4 Å². The molecule has 170 valence electrons. The van der Waals surface area contributed by atoms with Crippen LogP contribution in [-0.4, -0.2) is 54.1 Å². The van der Waals surface area contributed by atoms with E-state index in [1.807, 2.05) is 18.7 Å². The van der Waals surface area contributed by atoms with E-state index in [9.17, 15) is 9.59 Å². The second-order valence-electron chi connectivity index (χ2n) is 10.2. The van der Waals surface area contributed by atoms with Gasteiger partial charge in [-0.15, -0.1) is 0 Å². The number of nitrogens with zero attached hydrogens (tertiary/aromatic N) is 3. The highest BCUT2D eigenvalue weighted by molar-refractivity contribution is 6.07. The quantitative estimate of drug-likeness (QED) is 0.721. The molecule has 0 aromatic rings. The lowest BCUT2D eigenvalue weighted by molar-refractivity contribution is -0.122. The molecule has 3 saturated carbocycles. The van der Waals surface area contributed by atoms with E-state index in [4.69, 9.17) is 4.74 Å². The summed E-state index contributed by atoms with van der Waals surface area (Å²) in [5.41, 5.74) is 0. The summed E-state index contributed by atoms with van der Waals surface area (Å²) in [6.45, 7) is 4.52. The number of amides is 2. The number of aliphatic imine (C=N–C) groups is 2. The third kappa shape index (κ3) is 3.82. The van der Waals surface area contributed by atoms with Gasteiger partial charge in [-0.25, -0.2) is 9.79 Å². The van der Waals surface area contributed by atoms with Gasteiger partial charge in [-0.1, -0.05) is 25.7 Å². The molecule has 3 aliphatic carbocycles. The molecule has 2 N–H and O–H groups in total. The Labute approximate surface area is 184 Å². The molecule has 0 radical (unpaired) electrons. The molecule has 0 aromatic carbocycles. The molecule has 0 aromatic heterocycles. The van der Waals surface area contributed by atoms with Crippen LogP contribution in [0.4, 0.5) is 4.79 Å². The largest absolute Gasteiger partial charge is 0.449 e. The van der Waals surface area contributed by atoms with Crippen LogP contribution in [0.15, 0.2) is 9.98 Å². The van der Waals surface area contributed by atoms with Crippen molar-refractivity contribution in [3.8, 4) is 0 Å². The van der Waals surface area contributed by atoms with Crippen LogP contribution in [0.2, 0.25) is 0 Å². The van der Waals surface area contributed by atoms with Gasteiger partial charge in [0.05, 0.1) is 12.9 Å². The molecule has 5 rings (SSSR count). The Balaban J connectivity index is 1.21. The van der Waals surface area contributed by atoms with Crippen molar-refractivity contribution in [3.05, 3.63) is 0 Å². The zero-order chi connectivity index (χ0) is 21.5. The number of guanidine groups is 1. The fourth-order valence-electron chi connectivity index (χ4n) is 7.03. The van der Waals surface area contributed by atoms with Crippen LogP contribution in [0, 0.1) is 29.6 Å². The Morgan fingerprint density at radius 3 is 2.35 bits per heavy atom. The number of nitrogens with one attached hydrogen (secondary N) is 2. The smallest absolute Gasteiger partial charge is 0.413 e. The van der Waals surface area contributed by atoms with Gasteiger partial charge in [0.1, 0.15) is 0 Å². The lowest BCUT2D eigenvalue weighted by Gasteiger charge is -2.32. The summed E-state index contributed by atoms with van der Waals surface area (Å²) >= 11 is 0. The first-order valence-electron chi connectivity index (χ1n) is 12.2. The van der Waals surface area contributed by atoms with E-state index in [-0.39, 0.29) is 17.9 Å². The molecule has 0 spiro atoms. The predicted octanol–water partition coefficient (Wildman–Crippen LogP) is 2.89. The van der Waals surface area contributed by atoms with Crippen LogP contribution in [0.1, 0.15) is 65.2 Å². The maximum atomic E-state index is 12.6. The number of hydrogen-bond acceptors (Lipinski definition) is 6. The summed E-state index contributed by atoms with van der Waals surface area (Å²) in [6.07, 6.45) is 11.3. The van der Waals surface area contributed by atoms with Gasteiger partial charge in [-0.05, 0) is 69.1 Å². The summed E-state index contributed by atoms with van der Waals surface area (Å²) in [7, 11) is 0. The second kappa shape index (κ2) is 8.43. The van der Waals surface area contributed by atoms with Crippen molar-refractivity contribution in [3.63, 3.8) is 0 Å². The highest BCUT2D eigenvalue weighted by atomic mass is 16.5. The average molecular weight is 430 g/mol.